The van der Waals surface area contributed by atoms with Gasteiger partial charge < -0.3 is 15.5 Å². The number of carbonyl (C=O) groups is 1. The Morgan fingerprint density at radius 3 is 2.72 bits per heavy atom. The zero-order valence-corrected chi connectivity index (χ0v) is 14.2. The lowest BCUT2D eigenvalue weighted by molar-refractivity contribution is -0.121. The second-order valence-corrected chi connectivity index (χ2v) is 6.00. The number of benzene rings is 1. The van der Waals surface area contributed by atoms with Gasteiger partial charge in [0, 0.05) is 18.4 Å². The summed E-state index contributed by atoms with van der Waals surface area (Å²) in [6, 6.07) is 11.7. The maximum absolute atomic E-state index is 12.1. The molecule has 2 aromatic heterocycles. The Labute approximate surface area is 145 Å². The number of H-pyrrole nitrogens is 1. The Kier molecular flexibility index (Phi) is 4.83. The molecule has 1 atom stereocenters. The van der Waals surface area contributed by atoms with Crippen molar-refractivity contribution >= 4 is 11.9 Å². The van der Waals surface area contributed by atoms with Crippen LogP contribution in [-0.2, 0) is 11.2 Å². The highest BCUT2D eigenvalue weighted by Crippen LogP contribution is 2.23. The number of amides is 1. The van der Waals surface area contributed by atoms with Crippen LogP contribution in [0.4, 0.5) is 5.95 Å². The van der Waals surface area contributed by atoms with Crippen LogP contribution in [0.5, 0.6) is 0 Å². The summed E-state index contributed by atoms with van der Waals surface area (Å²) in [5.41, 5.74) is 7.69. The molecule has 7 heteroatoms. The monoisotopic (exact) mass is 339 g/mol. The topological polar surface area (TPSA) is 110 Å². The van der Waals surface area contributed by atoms with Crippen molar-refractivity contribution in [1.29, 1.82) is 0 Å². The van der Waals surface area contributed by atoms with Crippen LogP contribution < -0.4 is 11.1 Å². The number of nitrogen functional groups attached to an aromatic ring is 1. The van der Waals surface area contributed by atoms with Crippen molar-refractivity contribution in [2.24, 2.45) is 0 Å². The molecule has 0 aliphatic heterocycles. The summed E-state index contributed by atoms with van der Waals surface area (Å²) in [6.07, 6.45) is 0.859. The van der Waals surface area contributed by atoms with Crippen LogP contribution in [0.25, 0.3) is 11.3 Å². The first-order valence-corrected chi connectivity index (χ1v) is 8.14. The Morgan fingerprint density at radius 2 is 2.04 bits per heavy atom. The van der Waals surface area contributed by atoms with Gasteiger partial charge in [0.15, 0.2) is 0 Å². The molecule has 0 radical (unpaired) electrons. The van der Waals surface area contributed by atoms with Gasteiger partial charge in [-0.2, -0.15) is 4.98 Å². The number of furan rings is 1. The smallest absolute Gasteiger partial charge is 0.239 e. The average Bonchev–Trinajstić information content (AvgIpc) is 3.23. The molecule has 0 unspecified atom stereocenters. The Hall–Kier alpha value is -3.09. The number of rotatable bonds is 6. The van der Waals surface area contributed by atoms with E-state index in [2.05, 4.69) is 20.5 Å². The summed E-state index contributed by atoms with van der Waals surface area (Å²) in [7, 11) is 0. The normalized spacial score (nSPS) is 12.1. The van der Waals surface area contributed by atoms with Gasteiger partial charge in [0.2, 0.25) is 11.9 Å². The van der Waals surface area contributed by atoms with Gasteiger partial charge in [-0.25, -0.2) is 0 Å². The van der Waals surface area contributed by atoms with E-state index in [1.807, 2.05) is 50.2 Å². The molecular weight excluding hydrogens is 318 g/mol. The number of anilines is 1. The van der Waals surface area contributed by atoms with Crippen molar-refractivity contribution in [3.05, 3.63) is 53.5 Å². The third-order valence-corrected chi connectivity index (χ3v) is 3.90. The van der Waals surface area contributed by atoms with Crippen molar-refractivity contribution in [3.63, 3.8) is 0 Å². The van der Waals surface area contributed by atoms with E-state index >= 15 is 0 Å². The van der Waals surface area contributed by atoms with Crippen LogP contribution >= 0.6 is 0 Å². The number of aromatic amines is 1. The largest absolute Gasteiger partial charge is 0.461 e. The third kappa shape index (κ3) is 4.26. The van der Waals surface area contributed by atoms with Crippen LogP contribution in [0.2, 0.25) is 0 Å². The summed E-state index contributed by atoms with van der Waals surface area (Å²) in [5, 5.41) is 9.30. The maximum atomic E-state index is 12.1. The molecule has 1 aromatic carbocycles. The average molecular weight is 339 g/mol. The SMILES string of the molecule is Cc1ccc(-c2ccc(CCC(=O)N[C@@H](C)c3nc(N)n[nH]3)o2)cc1. The standard InChI is InChI=1S/C18H21N5O2/c1-11-3-5-13(6-4-11)15-9-7-14(25-15)8-10-16(24)20-12(2)17-21-18(19)23-22-17/h3-7,9,12H,8,10H2,1-2H3,(H,20,24)(H3,19,21,22,23)/t12-/m0/s1. The highest BCUT2D eigenvalue weighted by atomic mass is 16.3. The van der Waals surface area contributed by atoms with Crippen LogP contribution in [0, 0.1) is 6.92 Å². The zero-order chi connectivity index (χ0) is 17.8. The predicted molar refractivity (Wildman–Crippen MR) is 94.6 cm³/mol. The quantitative estimate of drug-likeness (QED) is 0.639. The summed E-state index contributed by atoms with van der Waals surface area (Å²) < 4.78 is 5.83. The summed E-state index contributed by atoms with van der Waals surface area (Å²) >= 11 is 0. The van der Waals surface area contributed by atoms with Crippen LogP contribution in [0.1, 0.15) is 36.5 Å². The first-order valence-electron chi connectivity index (χ1n) is 8.14. The number of nitrogens with zero attached hydrogens (tertiary/aromatic N) is 2. The van der Waals surface area contributed by atoms with E-state index in [4.69, 9.17) is 10.2 Å². The second-order valence-electron chi connectivity index (χ2n) is 6.00. The Balaban J connectivity index is 1.53. The Morgan fingerprint density at radius 1 is 1.28 bits per heavy atom. The van der Waals surface area contributed by atoms with Gasteiger partial charge in [-0.05, 0) is 26.0 Å². The van der Waals surface area contributed by atoms with Gasteiger partial charge in [-0.15, -0.1) is 5.10 Å². The van der Waals surface area contributed by atoms with Crippen molar-refractivity contribution in [1.82, 2.24) is 20.5 Å². The predicted octanol–water partition coefficient (Wildman–Crippen LogP) is 2.77. The fraction of sp³-hybridized carbons (Fsp3) is 0.278. The lowest BCUT2D eigenvalue weighted by Gasteiger charge is -2.10. The minimum atomic E-state index is -0.281. The lowest BCUT2D eigenvalue weighted by atomic mass is 10.1. The number of nitrogens with one attached hydrogen (secondary N) is 2. The van der Waals surface area contributed by atoms with E-state index < -0.39 is 0 Å². The molecule has 25 heavy (non-hydrogen) atoms. The minimum absolute atomic E-state index is 0.0873. The Bertz CT molecular complexity index is 850. The molecule has 3 aromatic rings. The molecule has 7 nitrogen and oxygen atoms in total. The van der Waals surface area contributed by atoms with E-state index in [0.717, 1.165) is 17.1 Å². The fourth-order valence-electron chi connectivity index (χ4n) is 2.49. The fourth-order valence-corrected chi connectivity index (χ4v) is 2.49. The van der Waals surface area contributed by atoms with Crippen molar-refractivity contribution in [2.75, 3.05) is 5.73 Å². The molecule has 1 amide bonds. The van der Waals surface area contributed by atoms with Crippen molar-refractivity contribution in [3.8, 4) is 11.3 Å². The molecule has 130 valence electrons. The minimum Gasteiger partial charge on any atom is -0.461 e. The second kappa shape index (κ2) is 7.21. The number of carbonyl (C=O) groups excluding carboxylic acids is 1. The van der Waals surface area contributed by atoms with Crippen molar-refractivity contribution in [2.45, 2.75) is 32.7 Å². The first kappa shape index (κ1) is 16.8. The van der Waals surface area contributed by atoms with Gasteiger partial charge in [0.25, 0.3) is 0 Å². The van der Waals surface area contributed by atoms with E-state index in [9.17, 15) is 4.79 Å². The van der Waals surface area contributed by atoms with E-state index in [1.165, 1.54) is 5.56 Å². The maximum Gasteiger partial charge on any atom is 0.239 e. The van der Waals surface area contributed by atoms with Crippen LogP contribution in [0.15, 0.2) is 40.8 Å². The molecule has 0 saturated carbocycles. The molecule has 0 aliphatic carbocycles. The van der Waals surface area contributed by atoms with Crippen LogP contribution in [-0.4, -0.2) is 21.1 Å². The molecule has 0 bridgehead atoms. The van der Waals surface area contributed by atoms with Crippen molar-refractivity contribution < 1.29 is 9.21 Å². The molecule has 0 saturated heterocycles. The number of hydrogen-bond donors (Lipinski definition) is 3. The number of aromatic nitrogens is 3. The number of hydrogen-bond acceptors (Lipinski definition) is 5. The summed E-state index contributed by atoms with van der Waals surface area (Å²) in [6.45, 7) is 3.87. The molecule has 4 N–H and O–H groups in total. The van der Waals surface area contributed by atoms with Gasteiger partial charge >= 0.3 is 0 Å². The molecule has 0 aliphatic rings. The van der Waals surface area contributed by atoms with Gasteiger partial charge in [-0.1, -0.05) is 29.8 Å². The van der Waals surface area contributed by atoms with E-state index in [1.54, 1.807) is 0 Å². The third-order valence-electron chi connectivity index (χ3n) is 3.90. The van der Waals surface area contributed by atoms with Gasteiger partial charge in [0.1, 0.15) is 17.3 Å². The molecule has 0 spiro atoms. The first-order chi connectivity index (χ1) is 12.0. The van der Waals surface area contributed by atoms with Gasteiger partial charge in [-0.3, -0.25) is 9.89 Å². The molecular formula is C18H21N5O2. The number of aryl methyl sites for hydroxylation is 2. The molecule has 2 heterocycles. The molecule has 3 rings (SSSR count). The zero-order valence-electron chi connectivity index (χ0n) is 14.2. The van der Waals surface area contributed by atoms with Gasteiger partial charge in [0.05, 0.1) is 6.04 Å². The van der Waals surface area contributed by atoms with E-state index in [0.29, 0.717) is 18.7 Å². The lowest BCUT2D eigenvalue weighted by Crippen LogP contribution is -2.27. The highest BCUT2D eigenvalue weighted by molar-refractivity contribution is 5.76. The summed E-state index contributed by atoms with van der Waals surface area (Å²) in [5.74, 6) is 2.19. The van der Waals surface area contributed by atoms with E-state index in [-0.39, 0.29) is 17.9 Å². The highest BCUT2D eigenvalue weighted by Gasteiger charge is 2.14. The summed E-state index contributed by atoms with van der Waals surface area (Å²) in [4.78, 5) is 16.1. The molecule has 0 fully saturated rings. The van der Waals surface area contributed by atoms with Crippen LogP contribution in [0.3, 0.4) is 0 Å². The number of nitrogens with two attached hydrogens (primary N) is 1.